The quantitative estimate of drug-likeness (QED) is 0.629. The molecule has 2 aromatic carbocycles. The van der Waals surface area contributed by atoms with Crippen LogP contribution in [0.1, 0.15) is 30.9 Å². The minimum atomic E-state index is -0.240. The standard InChI is InChI=1S/C21H27FN4O/c1-13(2)15-5-3-14(4-6-15)12-27-20-11-23-10-19(20)26-21-24-17-8-7-16(22)9-18(17)25-21/h3-9,13,19-21,23-26H,10-12H2,1-2H3/t19?,20-,21?/m0/s1. The van der Waals surface area contributed by atoms with Crippen molar-refractivity contribution in [1.29, 1.82) is 0 Å². The lowest BCUT2D eigenvalue weighted by atomic mass is 10.0. The molecule has 144 valence electrons. The van der Waals surface area contributed by atoms with Gasteiger partial charge in [-0.05, 0) is 35.2 Å². The summed E-state index contributed by atoms with van der Waals surface area (Å²) in [6, 6.07) is 13.5. The Morgan fingerprint density at radius 2 is 1.85 bits per heavy atom. The van der Waals surface area contributed by atoms with Crippen LogP contribution in [-0.2, 0) is 11.3 Å². The number of nitrogens with one attached hydrogen (secondary N) is 4. The van der Waals surface area contributed by atoms with Gasteiger partial charge in [0.05, 0.1) is 30.1 Å². The van der Waals surface area contributed by atoms with Gasteiger partial charge in [0.15, 0.2) is 6.29 Å². The lowest BCUT2D eigenvalue weighted by Gasteiger charge is -2.25. The maximum Gasteiger partial charge on any atom is 0.153 e. The van der Waals surface area contributed by atoms with Crippen LogP contribution in [0.15, 0.2) is 42.5 Å². The Balaban J connectivity index is 1.30. The fourth-order valence-corrected chi connectivity index (χ4v) is 3.60. The van der Waals surface area contributed by atoms with E-state index in [1.54, 1.807) is 6.07 Å². The van der Waals surface area contributed by atoms with E-state index in [2.05, 4.69) is 59.4 Å². The van der Waals surface area contributed by atoms with E-state index < -0.39 is 0 Å². The van der Waals surface area contributed by atoms with Crippen LogP contribution >= 0.6 is 0 Å². The number of anilines is 2. The van der Waals surface area contributed by atoms with Gasteiger partial charge in [0.25, 0.3) is 0 Å². The molecule has 3 atom stereocenters. The molecule has 0 spiro atoms. The third-order valence-corrected chi connectivity index (χ3v) is 5.23. The smallest absolute Gasteiger partial charge is 0.153 e. The first-order chi connectivity index (χ1) is 13.1. The molecule has 4 N–H and O–H groups in total. The highest BCUT2D eigenvalue weighted by atomic mass is 19.1. The van der Waals surface area contributed by atoms with Crippen molar-refractivity contribution in [3.63, 3.8) is 0 Å². The second-order valence-electron chi connectivity index (χ2n) is 7.59. The molecule has 2 aliphatic rings. The zero-order valence-electron chi connectivity index (χ0n) is 15.8. The van der Waals surface area contributed by atoms with Gasteiger partial charge in [-0.2, -0.15) is 0 Å². The number of benzene rings is 2. The molecule has 1 saturated heterocycles. The summed E-state index contributed by atoms with van der Waals surface area (Å²) in [7, 11) is 0. The van der Waals surface area contributed by atoms with Crippen molar-refractivity contribution >= 4 is 11.4 Å². The first-order valence-corrected chi connectivity index (χ1v) is 9.58. The maximum atomic E-state index is 13.4. The molecule has 0 bridgehead atoms. The molecule has 0 radical (unpaired) electrons. The summed E-state index contributed by atoms with van der Waals surface area (Å²) in [6.07, 6.45) is -0.0538. The minimum Gasteiger partial charge on any atom is -0.371 e. The van der Waals surface area contributed by atoms with Gasteiger partial charge in [0.2, 0.25) is 0 Å². The van der Waals surface area contributed by atoms with Gasteiger partial charge >= 0.3 is 0 Å². The molecular formula is C21H27FN4O. The Hall–Kier alpha value is -2.15. The molecule has 5 nitrogen and oxygen atoms in total. The van der Waals surface area contributed by atoms with E-state index in [1.165, 1.54) is 23.3 Å². The van der Waals surface area contributed by atoms with Crippen LogP contribution in [0.25, 0.3) is 0 Å². The highest BCUT2D eigenvalue weighted by molar-refractivity contribution is 5.74. The highest BCUT2D eigenvalue weighted by Crippen LogP contribution is 2.29. The molecule has 0 saturated carbocycles. The van der Waals surface area contributed by atoms with E-state index in [-0.39, 0.29) is 24.3 Å². The third kappa shape index (κ3) is 4.24. The zero-order valence-corrected chi connectivity index (χ0v) is 15.8. The lowest BCUT2D eigenvalue weighted by molar-refractivity contribution is 0.0359. The Morgan fingerprint density at radius 3 is 2.63 bits per heavy atom. The Kier molecular flexibility index (Phi) is 5.29. The van der Waals surface area contributed by atoms with Crippen molar-refractivity contribution in [2.45, 2.75) is 44.8 Å². The molecule has 2 aliphatic heterocycles. The van der Waals surface area contributed by atoms with Gasteiger partial charge < -0.3 is 20.7 Å². The van der Waals surface area contributed by atoms with Gasteiger partial charge in [-0.1, -0.05) is 38.1 Å². The summed E-state index contributed by atoms with van der Waals surface area (Å²) in [5.74, 6) is 0.299. The monoisotopic (exact) mass is 370 g/mol. The van der Waals surface area contributed by atoms with Crippen molar-refractivity contribution in [3.05, 3.63) is 59.4 Å². The van der Waals surface area contributed by atoms with Crippen LogP contribution in [0.4, 0.5) is 15.8 Å². The highest BCUT2D eigenvalue weighted by Gasteiger charge is 2.31. The van der Waals surface area contributed by atoms with E-state index in [0.717, 1.165) is 24.5 Å². The Bertz CT molecular complexity index is 780. The lowest BCUT2D eigenvalue weighted by Crippen LogP contribution is -2.50. The minimum absolute atomic E-state index is 0.0822. The number of fused-ring (bicyclic) bond motifs is 1. The summed E-state index contributed by atoms with van der Waals surface area (Å²) in [6.45, 7) is 6.64. The second kappa shape index (κ2) is 7.84. The van der Waals surface area contributed by atoms with Crippen LogP contribution in [0, 0.1) is 5.82 Å². The van der Waals surface area contributed by atoms with Crippen LogP contribution in [0.3, 0.4) is 0 Å². The average Bonchev–Trinajstić information content (AvgIpc) is 3.26. The molecule has 0 amide bonds. The fourth-order valence-electron chi connectivity index (χ4n) is 3.60. The number of halogens is 1. The third-order valence-electron chi connectivity index (χ3n) is 5.23. The predicted octanol–water partition coefficient (Wildman–Crippen LogP) is 3.22. The Morgan fingerprint density at radius 1 is 1.07 bits per heavy atom. The summed E-state index contributed by atoms with van der Waals surface area (Å²) in [5, 5.41) is 13.5. The summed E-state index contributed by atoms with van der Waals surface area (Å²) >= 11 is 0. The van der Waals surface area contributed by atoms with E-state index in [4.69, 9.17) is 4.74 Å². The number of rotatable bonds is 6. The molecule has 4 rings (SSSR count). The van der Waals surface area contributed by atoms with Gasteiger partial charge in [0.1, 0.15) is 5.82 Å². The maximum absolute atomic E-state index is 13.4. The average molecular weight is 370 g/mol. The zero-order chi connectivity index (χ0) is 18.8. The normalized spacial score (nSPS) is 23.9. The van der Waals surface area contributed by atoms with Crippen LogP contribution in [0.2, 0.25) is 0 Å². The Labute approximate surface area is 159 Å². The second-order valence-corrected chi connectivity index (χ2v) is 7.59. The van der Waals surface area contributed by atoms with Crippen LogP contribution < -0.4 is 21.3 Å². The molecule has 27 heavy (non-hydrogen) atoms. The SMILES string of the molecule is CC(C)c1ccc(CO[C@H]2CNCC2NC2Nc3ccc(F)cc3N2)cc1. The van der Waals surface area contributed by atoms with E-state index in [1.807, 2.05) is 0 Å². The van der Waals surface area contributed by atoms with E-state index in [0.29, 0.717) is 12.5 Å². The summed E-state index contributed by atoms with van der Waals surface area (Å²) in [4.78, 5) is 0. The van der Waals surface area contributed by atoms with Crippen molar-refractivity contribution in [2.75, 3.05) is 23.7 Å². The number of ether oxygens (including phenoxy) is 1. The van der Waals surface area contributed by atoms with Gasteiger partial charge in [-0.15, -0.1) is 0 Å². The summed E-state index contributed by atoms with van der Waals surface area (Å²) in [5.41, 5.74) is 4.21. The number of hydrogen-bond donors (Lipinski definition) is 4. The predicted molar refractivity (Wildman–Crippen MR) is 106 cm³/mol. The first-order valence-electron chi connectivity index (χ1n) is 9.58. The van der Waals surface area contributed by atoms with Crippen LogP contribution in [-0.4, -0.2) is 31.5 Å². The molecule has 2 unspecified atom stereocenters. The van der Waals surface area contributed by atoms with E-state index in [9.17, 15) is 4.39 Å². The van der Waals surface area contributed by atoms with Gasteiger partial charge in [-0.3, -0.25) is 5.32 Å². The van der Waals surface area contributed by atoms with Crippen LogP contribution in [0.5, 0.6) is 0 Å². The molecule has 0 aliphatic carbocycles. The van der Waals surface area contributed by atoms with Crippen molar-refractivity contribution in [1.82, 2.24) is 10.6 Å². The van der Waals surface area contributed by atoms with E-state index >= 15 is 0 Å². The van der Waals surface area contributed by atoms with Gasteiger partial charge in [0, 0.05) is 13.1 Å². The summed E-state index contributed by atoms with van der Waals surface area (Å²) < 4.78 is 19.5. The largest absolute Gasteiger partial charge is 0.371 e. The molecule has 0 aromatic heterocycles. The number of hydrogen-bond acceptors (Lipinski definition) is 5. The van der Waals surface area contributed by atoms with Gasteiger partial charge in [-0.25, -0.2) is 4.39 Å². The topological polar surface area (TPSA) is 57.4 Å². The molecular weight excluding hydrogens is 343 g/mol. The van der Waals surface area contributed by atoms with Crippen molar-refractivity contribution in [2.24, 2.45) is 0 Å². The fraction of sp³-hybridized carbons (Fsp3) is 0.429. The first kappa shape index (κ1) is 18.2. The molecule has 2 aromatic rings. The van der Waals surface area contributed by atoms with Crippen molar-refractivity contribution < 1.29 is 9.13 Å². The molecule has 6 heteroatoms. The molecule has 1 fully saturated rings. The molecule has 2 heterocycles. The van der Waals surface area contributed by atoms with Crippen molar-refractivity contribution in [3.8, 4) is 0 Å².